The SMILES string of the molecule is [Au].[Cu].[O]=[Fe]. The third kappa shape index (κ3) is 9.55. The number of hydrogen-bond donors (Lipinski definition) is 0. The van der Waals surface area contributed by atoms with E-state index in [-0.39, 0.29) is 39.4 Å². The monoisotopic (exact) mass is 332 g/mol. The van der Waals surface area contributed by atoms with E-state index >= 15 is 0 Å². The average molecular weight is 332 g/mol. The number of hydrogen-bond acceptors (Lipinski definition) is 1. The molecule has 0 rings (SSSR count). The zero-order chi connectivity index (χ0) is 2.00. The van der Waals surface area contributed by atoms with Gasteiger partial charge in [0.25, 0.3) is 0 Å². The molecule has 4 heteroatoms. The molecule has 0 aromatic carbocycles. The second-order valence-electron chi connectivity index (χ2n) is 0. The van der Waals surface area contributed by atoms with Gasteiger partial charge in [0, 0.05) is 39.4 Å². The van der Waals surface area contributed by atoms with Crippen molar-refractivity contribution in [3.63, 3.8) is 0 Å². The minimum absolute atomic E-state index is 0. The maximum absolute atomic E-state index is 8.00. The molecule has 0 spiro atoms. The molecule has 0 saturated heterocycles. The molecule has 4 heavy (non-hydrogen) atoms. The predicted octanol–water partition coefficient (Wildman–Crippen LogP) is -0.126. The molecule has 0 aliphatic carbocycles. The Morgan fingerprint density at radius 1 is 1.25 bits per heavy atom. The van der Waals surface area contributed by atoms with Crippen LogP contribution in [0.1, 0.15) is 0 Å². The van der Waals surface area contributed by atoms with Crippen LogP contribution in [0.5, 0.6) is 0 Å². The molecule has 0 saturated carbocycles. The summed E-state index contributed by atoms with van der Waals surface area (Å²) in [6, 6.07) is 0. The van der Waals surface area contributed by atoms with Gasteiger partial charge in [-0.1, -0.05) is 0 Å². The van der Waals surface area contributed by atoms with Crippen LogP contribution in [0.3, 0.4) is 0 Å². The van der Waals surface area contributed by atoms with E-state index in [4.69, 9.17) is 3.83 Å². The van der Waals surface area contributed by atoms with Gasteiger partial charge in [0.1, 0.15) is 0 Å². The van der Waals surface area contributed by atoms with Crippen LogP contribution in [0.25, 0.3) is 0 Å². The fourth-order valence-electron chi connectivity index (χ4n) is 0. The van der Waals surface area contributed by atoms with Crippen molar-refractivity contribution in [1.82, 2.24) is 0 Å². The summed E-state index contributed by atoms with van der Waals surface area (Å²) in [4.78, 5) is 0. The first-order valence-electron chi connectivity index (χ1n) is 0.144. The Bertz CT molecular complexity index is 8.00. The van der Waals surface area contributed by atoms with Crippen molar-refractivity contribution in [2.75, 3.05) is 0 Å². The summed E-state index contributed by atoms with van der Waals surface area (Å²) < 4.78 is 8.00. The Morgan fingerprint density at radius 3 is 1.25 bits per heavy atom. The van der Waals surface area contributed by atoms with Crippen molar-refractivity contribution in [3.8, 4) is 0 Å². The van der Waals surface area contributed by atoms with Gasteiger partial charge < -0.3 is 0 Å². The molecule has 0 bridgehead atoms. The summed E-state index contributed by atoms with van der Waals surface area (Å²) in [6.07, 6.45) is 0. The van der Waals surface area contributed by atoms with E-state index in [1.54, 1.807) is 0 Å². The van der Waals surface area contributed by atoms with E-state index in [2.05, 4.69) is 0 Å². The zero-order valence-corrected chi connectivity index (χ0v) is 5.58. The first-order chi connectivity index (χ1) is 1.00. The van der Waals surface area contributed by atoms with Gasteiger partial charge in [-0.3, -0.25) is 0 Å². The second-order valence-corrected chi connectivity index (χ2v) is 0. The Kier molecular flexibility index (Phi) is 103. The summed E-state index contributed by atoms with van der Waals surface area (Å²) >= 11 is 2.00. The molecule has 0 atom stereocenters. The molecule has 0 N–H and O–H groups in total. The molecule has 0 aliphatic heterocycles. The summed E-state index contributed by atoms with van der Waals surface area (Å²) in [5.41, 5.74) is 0. The summed E-state index contributed by atoms with van der Waals surface area (Å²) in [7, 11) is 0. The molecule has 0 aromatic heterocycles. The van der Waals surface area contributed by atoms with Crippen LogP contribution in [-0.4, -0.2) is 0 Å². The van der Waals surface area contributed by atoms with Gasteiger partial charge in [-0.05, 0) is 0 Å². The van der Waals surface area contributed by atoms with Gasteiger partial charge in [-0.25, -0.2) is 0 Å². The van der Waals surface area contributed by atoms with Crippen molar-refractivity contribution in [2.24, 2.45) is 0 Å². The van der Waals surface area contributed by atoms with Crippen LogP contribution < -0.4 is 0 Å². The molecule has 2 radical (unpaired) electrons. The zero-order valence-electron chi connectivity index (χ0n) is 1.36. The number of rotatable bonds is 0. The minimum atomic E-state index is 0. The van der Waals surface area contributed by atoms with Crippen molar-refractivity contribution in [3.05, 3.63) is 0 Å². The standard InChI is InChI=1S/Au.Cu.Fe.O. The summed E-state index contributed by atoms with van der Waals surface area (Å²) in [5.74, 6) is 0. The molecule has 0 unspecified atom stereocenters. The third-order valence-electron chi connectivity index (χ3n) is 0. The summed E-state index contributed by atoms with van der Waals surface area (Å²) in [6.45, 7) is 0. The van der Waals surface area contributed by atoms with Crippen molar-refractivity contribution in [2.45, 2.75) is 0 Å². The molecular weight excluding hydrogens is 332 g/mol. The van der Waals surface area contributed by atoms with Crippen LogP contribution in [0.4, 0.5) is 0 Å². The molecule has 0 fully saturated rings. The van der Waals surface area contributed by atoms with Crippen LogP contribution in [0.15, 0.2) is 0 Å². The first-order valence-corrected chi connectivity index (χ1v) is 0.595. The van der Waals surface area contributed by atoms with Crippen LogP contribution in [0, 0.1) is 0 Å². The topological polar surface area (TPSA) is 17.1 Å². The van der Waals surface area contributed by atoms with Gasteiger partial charge in [0.15, 0.2) is 0 Å². The van der Waals surface area contributed by atoms with E-state index in [1.807, 2.05) is 15.9 Å². The van der Waals surface area contributed by atoms with Gasteiger partial charge in [0.2, 0.25) is 0 Å². The first kappa shape index (κ1) is 17.6. The molecule has 0 aliphatic rings. The Labute approximate surface area is 58.9 Å². The quantitative estimate of drug-likeness (QED) is 0.565. The predicted molar refractivity (Wildman–Crippen MR) is 0.686 cm³/mol. The molecular formula is AuCuFeO. The molecule has 0 amide bonds. The molecule has 1 nitrogen and oxygen atoms in total. The normalized spacial score (nSPS) is 1.25. The van der Waals surface area contributed by atoms with Crippen LogP contribution in [0.2, 0.25) is 0 Å². The molecule has 0 aromatic rings. The van der Waals surface area contributed by atoms with Crippen molar-refractivity contribution < 1.29 is 59.2 Å². The van der Waals surface area contributed by atoms with Crippen LogP contribution >= 0.6 is 0 Å². The third-order valence-corrected chi connectivity index (χ3v) is 0. The van der Waals surface area contributed by atoms with Crippen LogP contribution in [-0.2, 0) is 59.2 Å². The molecule has 36 valence electrons. The second kappa shape index (κ2) is 23.5. The average Bonchev–Trinajstić information content (AvgIpc) is 1.00. The van der Waals surface area contributed by atoms with Gasteiger partial charge >= 0.3 is 19.8 Å². The van der Waals surface area contributed by atoms with E-state index in [1.165, 1.54) is 0 Å². The molecule has 0 heterocycles. The van der Waals surface area contributed by atoms with E-state index < -0.39 is 0 Å². The summed E-state index contributed by atoms with van der Waals surface area (Å²) in [5, 5.41) is 0. The maximum atomic E-state index is 8.00. The van der Waals surface area contributed by atoms with Gasteiger partial charge in [-0.2, -0.15) is 0 Å². The Morgan fingerprint density at radius 2 is 1.25 bits per heavy atom. The van der Waals surface area contributed by atoms with Gasteiger partial charge in [-0.15, -0.1) is 0 Å². The Balaban J connectivity index is -0.00000000500. The Hall–Kier alpha value is 1.58. The van der Waals surface area contributed by atoms with E-state index in [0.29, 0.717) is 0 Å². The van der Waals surface area contributed by atoms with E-state index in [9.17, 15) is 0 Å². The van der Waals surface area contributed by atoms with E-state index in [0.717, 1.165) is 0 Å². The fourth-order valence-corrected chi connectivity index (χ4v) is 0. The van der Waals surface area contributed by atoms with Gasteiger partial charge in [0.05, 0.1) is 0 Å². The van der Waals surface area contributed by atoms with Crippen molar-refractivity contribution >= 4 is 0 Å². The fraction of sp³-hybridized carbons (Fsp3) is 0. The van der Waals surface area contributed by atoms with Crippen molar-refractivity contribution in [1.29, 1.82) is 0 Å².